The quantitative estimate of drug-likeness (QED) is 0.374. The number of benzene rings is 1. The van der Waals surface area contributed by atoms with Crippen LogP contribution in [0.2, 0.25) is 0 Å². The molecule has 0 aliphatic carbocycles. The van der Waals surface area contributed by atoms with Gasteiger partial charge in [-0.25, -0.2) is 0 Å². The van der Waals surface area contributed by atoms with E-state index in [1.807, 2.05) is 24.3 Å². The largest absolute Gasteiger partial charge is 0.378 e. The maximum atomic E-state index is 13.4. The third-order valence-electron chi connectivity index (χ3n) is 5.77. The first-order valence-corrected chi connectivity index (χ1v) is 11.9. The van der Waals surface area contributed by atoms with Crippen LogP contribution in [0.25, 0.3) is 17.0 Å². The van der Waals surface area contributed by atoms with Gasteiger partial charge < -0.3 is 14.2 Å². The number of thioether (sulfide) groups is 1. The molecule has 3 heterocycles. The van der Waals surface area contributed by atoms with Gasteiger partial charge in [-0.05, 0) is 18.6 Å². The van der Waals surface area contributed by atoms with Crippen LogP contribution < -0.4 is 10.5 Å². The molecule has 1 amide bonds. The average Bonchev–Trinajstić information content (AvgIpc) is 3.05. The SMILES string of the molecule is CCCCCN1C(=O)C(=Cc2c(N3CCOCC3)c3ccccc3n(C)c2=O)SC1=S. The molecule has 31 heavy (non-hydrogen) atoms. The summed E-state index contributed by atoms with van der Waals surface area (Å²) < 4.78 is 7.76. The summed E-state index contributed by atoms with van der Waals surface area (Å²) in [7, 11) is 1.78. The Labute approximate surface area is 191 Å². The topological polar surface area (TPSA) is 54.8 Å². The van der Waals surface area contributed by atoms with Gasteiger partial charge in [-0.15, -0.1) is 0 Å². The van der Waals surface area contributed by atoms with Crippen molar-refractivity contribution in [2.75, 3.05) is 37.7 Å². The molecule has 0 atom stereocenters. The number of hydrogen-bond acceptors (Lipinski definition) is 6. The zero-order chi connectivity index (χ0) is 22.0. The molecule has 2 aliphatic heterocycles. The summed E-state index contributed by atoms with van der Waals surface area (Å²) in [6, 6.07) is 7.91. The number of rotatable bonds is 6. The van der Waals surface area contributed by atoms with Crippen LogP contribution in [-0.4, -0.2) is 52.5 Å². The van der Waals surface area contributed by atoms with Crippen molar-refractivity contribution in [2.24, 2.45) is 7.05 Å². The number of pyridine rings is 1. The molecule has 2 aliphatic rings. The van der Waals surface area contributed by atoms with Crippen LogP contribution >= 0.6 is 24.0 Å². The van der Waals surface area contributed by atoms with Crippen molar-refractivity contribution < 1.29 is 9.53 Å². The summed E-state index contributed by atoms with van der Waals surface area (Å²) in [6.45, 7) is 5.39. The van der Waals surface area contributed by atoms with Gasteiger partial charge in [0.15, 0.2) is 0 Å². The maximum Gasteiger partial charge on any atom is 0.266 e. The first-order valence-electron chi connectivity index (χ1n) is 10.7. The Morgan fingerprint density at radius 3 is 2.65 bits per heavy atom. The van der Waals surface area contributed by atoms with E-state index in [1.165, 1.54) is 11.8 Å². The second-order valence-electron chi connectivity index (χ2n) is 7.78. The Kier molecular flexibility index (Phi) is 6.79. The molecule has 0 spiro atoms. The van der Waals surface area contributed by atoms with Crippen molar-refractivity contribution in [3.63, 3.8) is 0 Å². The Hall–Kier alpha value is -2.16. The normalized spacial score (nSPS) is 18.6. The van der Waals surface area contributed by atoms with Crippen molar-refractivity contribution in [1.82, 2.24) is 9.47 Å². The molecule has 2 saturated heterocycles. The predicted molar refractivity (Wildman–Crippen MR) is 132 cm³/mol. The van der Waals surface area contributed by atoms with Crippen LogP contribution in [0.4, 0.5) is 5.69 Å². The lowest BCUT2D eigenvalue weighted by atomic mass is 10.1. The molecule has 1 aromatic heterocycles. The van der Waals surface area contributed by atoms with Gasteiger partial charge in [0.05, 0.1) is 34.9 Å². The van der Waals surface area contributed by atoms with Crippen molar-refractivity contribution in [2.45, 2.75) is 26.2 Å². The third kappa shape index (κ3) is 4.29. The minimum atomic E-state index is -0.114. The summed E-state index contributed by atoms with van der Waals surface area (Å²) in [6.07, 6.45) is 4.81. The summed E-state index contributed by atoms with van der Waals surface area (Å²) >= 11 is 6.76. The number of ether oxygens (including phenoxy) is 1. The standard InChI is InChI=1S/C23H27N3O3S2/c1-3-4-7-10-26-22(28)19(31-23(26)30)15-17-20(25-11-13-29-14-12-25)16-8-5-6-9-18(16)24(2)21(17)27/h5-6,8-9,15H,3-4,7,10-14H2,1-2H3. The Bertz CT molecular complexity index is 1100. The fourth-order valence-corrected chi connectivity index (χ4v) is 5.39. The smallest absolute Gasteiger partial charge is 0.266 e. The Balaban J connectivity index is 1.82. The second kappa shape index (κ2) is 9.54. The van der Waals surface area contributed by atoms with Crippen LogP contribution in [0.3, 0.4) is 0 Å². The molecule has 1 aromatic carbocycles. The summed E-state index contributed by atoms with van der Waals surface area (Å²) in [4.78, 5) is 30.9. The average molecular weight is 458 g/mol. The number of hydrogen-bond donors (Lipinski definition) is 0. The molecule has 2 fully saturated rings. The van der Waals surface area contributed by atoms with Crippen molar-refractivity contribution >= 4 is 56.9 Å². The van der Waals surface area contributed by atoms with Crippen molar-refractivity contribution in [3.8, 4) is 0 Å². The number of para-hydroxylation sites is 1. The number of nitrogens with zero attached hydrogens (tertiary/aromatic N) is 3. The van der Waals surface area contributed by atoms with Gasteiger partial charge in [-0.2, -0.15) is 0 Å². The van der Waals surface area contributed by atoms with Crippen molar-refractivity contribution in [1.29, 1.82) is 0 Å². The molecule has 8 heteroatoms. The molecule has 164 valence electrons. The number of aryl methyl sites for hydroxylation is 1. The number of amides is 1. The molecular weight excluding hydrogens is 430 g/mol. The zero-order valence-corrected chi connectivity index (χ0v) is 19.6. The van der Waals surface area contributed by atoms with E-state index >= 15 is 0 Å². The lowest BCUT2D eigenvalue weighted by Gasteiger charge is -2.31. The zero-order valence-electron chi connectivity index (χ0n) is 17.9. The first-order chi connectivity index (χ1) is 15.0. The highest BCUT2D eigenvalue weighted by molar-refractivity contribution is 8.26. The molecule has 0 radical (unpaired) electrons. The lowest BCUT2D eigenvalue weighted by molar-refractivity contribution is -0.122. The maximum absolute atomic E-state index is 13.4. The summed E-state index contributed by atoms with van der Waals surface area (Å²) in [5.74, 6) is -0.103. The van der Waals surface area contributed by atoms with Crippen LogP contribution in [0, 0.1) is 0 Å². The number of thiocarbonyl (C=S) groups is 1. The minimum Gasteiger partial charge on any atom is -0.378 e. The highest BCUT2D eigenvalue weighted by atomic mass is 32.2. The van der Waals surface area contributed by atoms with Gasteiger partial charge in [0, 0.05) is 32.1 Å². The van der Waals surface area contributed by atoms with Crippen LogP contribution in [0.1, 0.15) is 31.7 Å². The van der Waals surface area contributed by atoms with E-state index in [2.05, 4.69) is 11.8 Å². The van der Waals surface area contributed by atoms with Gasteiger partial charge in [0.2, 0.25) is 0 Å². The lowest BCUT2D eigenvalue weighted by Crippen LogP contribution is -2.38. The van der Waals surface area contributed by atoms with Crippen LogP contribution in [0.5, 0.6) is 0 Å². The van der Waals surface area contributed by atoms with E-state index in [0.717, 1.165) is 35.9 Å². The van der Waals surface area contributed by atoms with Crippen LogP contribution in [0.15, 0.2) is 34.0 Å². The number of fused-ring (bicyclic) bond motifs is 1. The van der Waals surface area contributed by atoms with Gasteiger partial charge in [-0.3, -0.25) is 14.5 Å². The molecule has 0 bridgehead atoms. The fourth-order valence-electron chi connectivity index (χ4n) is 4.10. The Morgan fingerprint density at radius 2 is 1.90 bits per heavy atom. The highest BCUT2D eigenvalue weighted by Gasteiger charge is 2.32. The molecule has 4 rings (SSSR count). The van der Waals surface area contributed by atoms with E-state index in [0.29, 0.717) is 47.6 Å². The van der Waals surface area contributed by atoms with E-state index < -0.39 is 0 Å². The third-order valence-corrected chi connectivity index (χ3v) is 7.15. The molecule has 6 nitrogen and oxygen atoms in total. The van der Waals surface area contributed by atoms with E-state index in [-0.39, 0.29) is 11.5 Å². The number of carbonyl (C=O) groups excluding carboxylic acids is 1. The molecule has 0 saturated carbocycles. The monoisotopic (exact) mass is 457 g/mol. The number of morpholine rings is 1. The van der Waals surface area contributed by atoms with E-state index in [1.54, 1.807) is 22.6 Å². The Morgan fingerprint density at radius 1 is 1.16 bits per heavy atom. The fraction of sp³-hybridized carbons (Fsp3) is 0.435. The molecule has 2 aromatic rings. The molecule has 0 unspecified atom stereocenters. The predicted octanol–water partition coefficient (Wildman–Crippen LogP) is 3.77. The number of anilines is 1. The number of unbranched alkanes of at least 4 members (excludes halogenated alkanes) is 2. The molecular formula is C23H27N3O3S2. The summed E-state index contributed by atoms with van der Waals surface area (Å²) in [5.41, 5.74) is 2.17. The van der Waals surface area contributed by atoms with E-state index in [4.69, 9.17) is 17.0 Å². The van der Waals surface area contributed by atoms with E-state index in [9.17, 15) is 9.59 Å². The van der Waals surface area contributed by atoms with Gasteiger partial charge >= 0.3 is 0 Å². The van der Waals surface area contributed by atoms with Gasteiger partial charge in [0.1, 0.15) is 4.32 Å². The number of aromatic nitrogens is 1. The summed E-state index contributed by atoms with van der Waals surface area (Å²) in [5, 5.41) is 0.996. The minimum absolute atomic E-state index is 0.103. The van der Waals surface area contributed by atoms with Crippen LogP contribution in [-0.2, 0) is 16.6 Å². The first kappa shape index (κ1) is 22.0. The molecule has 0 N–H and O–H groups in total. The number of carbonyl (C=O) groups is 1. The second-order valence-corrected chi connectivity index (χ2v) is 9.46. The van der Waals surface area contributed by atoms with Gasteiger partial charge in [0.25, 0.3) is 11.5 Å². The van der Waals surface area contributed by atoms with Crippen molar-refractivity contribution in [3.05, 3.63) is 45.1 Å². The highest BCUT2D eigenvalue weighted by Crippen LogP contribution is 2.36. The van der Waals surface area contributed by atoms with Gasteiger partial charge in [-0.1, -0.05) is 61.9 Å².